The molecule has 4 nitrogen and oxygen atoms in total. The van der Waals surface area contributed by atoms with Crippen molar-refractivity contribution in [1.29, 1.82) is 0 Å². The summed E-state index contributed by atoms with van der Waals surface area (Å²) < 4.78 is 0. The van der Waals surface area contributed by atoms with Crippen molar-refractivity contribution in [3.8, 4) is 0 Å². The largest absolute Gasteiger partial charge is 0.260 e. The summed E-state index contributed by atoms with van der Waals surface area (Å²) in [7, 11) is 0. The van der Waals surface area contributed by atoms with E-state index in [-0.39, 0.29) is 0 Å². The van der Waals surface area contributed by atoms with Crippen molar-refractivity contribution in [3.63, 3.8) is 0 Å². The summed E-state index contributed by atoms with van der Waals surface area (Å²) in [5.74, 6) is 0. The first-order chi connectivity index (χ1) is 6.83. The molecule has 0 amide bonds. The summed E-state index contributed by atoms with van der Waals surface area (Å²) in [5, 5.41) is 5.56. The summed E-state index contributed by atoms with van der Waals surface area (Å²) in [6, 6.07) is 7.75. The van der Waals surface area contributed by atoms with E-state index in [0.29, 0.717) is 5.69 Å². The zero-order valence-corrected chi connectivity index (χ0v) is 7.68. The predicted octanol–water partition coefficient (Wildman–Crippen LogP) is 3.49. The van der Waals surface area contributed by atoms with Crippen molar-refractivity contribution >= 4 is 16.5 Å². The summed E-state index contributed by atoms with van der Waals surface area (Å²) >= 11 is 0. The molecule has 0 aliphatic heterocycles. The van der Waals surface area contributed by atoms with Crippen LogP contribution in [0.2, 0.25) is 0 Å². The van der Waals surface area contributed by atoms with Gasteiger partial charge >= 0.3 is 0 Å². The number of aromatic nitrogens is 1. The number of nitrogens with zero attached hydrogens (tertiary/aromatic N) is 4. The molecule has 14 heavy (non-hydrogen) atoms. The molecule has 0 unspecified atom stereocenters. The zero-order chi connectivity index (χ0) is 9.97. The topological polar surface area (TPSA) is 61.7 Å². The average Bonchev–Trinajstić information content (AvgIpc) is 2.23. The van der Waals surface area contributed by atoms with Gasteiger partial charge in [-0.15, -0.1) is 0 Å². The van der Waals surface area contributed by atoms with Crippen LogP contribution in [-0.4, -0.2) is 4.98 Å². The highest BCUT2D eigenvalue weighted by Gasteiger charge is 2.01. The van der Waals surface area contributed by atoms with E-state index >= 15 is 0 Å². The van der Waals surface area contributed by atoms with Gasteiger partial charge in [-0.25, -0.2) is 0 Å². The molecule has 68 valence electrons. The summed E-state index contributed by atoms with van der Waals surface area (Å²) in [5.41, 5.74) is 9.90. The number of hydrogen-bond donors (Lipinski definition) is 0. The zero-order valence-electron chi connectivity index (χ0n) is 7.68. The lowest BCUT2D eigenvalue weighted by Gasteiger charge is -2.02. The number of azide groups is 1. The van der Waals surface area contributed by atoms with Crippen LogP contribution in [0.15, 0.2) is 35.6 Å². The first kappa shape index (κ1) is 8.53. The van der Waals surface area contributed by atoms with Gasteiger partial charge in [0, 0.05) is 22.2 Å². The minimum atomic E-state index is 0.578. The van der Waals surface area contributed by atoms with E-state index in [1.807, 2.05) is 31.2 Å². The van der Waals surface area contributed by atoms with E-state index in [2.05, 4.69) is 15.0 Å². The molecule has 0 saturated carbocycles. The second kappa shape index (κ2) is 3.36. The maximum atomic E-state index is 8.38. The third-order valence-electron chi connectivity index (χ3n) is 2.13. The molecule has 0 N–H and O–H groups in total. The summed E-state index contributed by atoms with van der Waals surface area (Å²) in [6.07, 6.45) is 1.59. The van der Waals surface area contributed by atoms with E-state index in [1.165, 1.54) is 0 Å². The third-order valence-corrected chi connectivity index (χ3v) is 2.13. The molecule has 0 bridgehead atoms. The molecular formula is C10H8N4. The molecule has 0 aliphatic rings. The van der Waals surface area contributed by atoms with Crippen molar-refractivity contribution in [2.24, 2.45) is 5.11 Å². The molecule has 0 fully saturated rings. The number of pyridine rings is 1. The van der Waals surface area contributed by atoms with Crippen LogP contribution in [0.4, 0.5) is 5.69 Å². The Labute approximate surface area is 80.8 Å². The van der Waals surface area contributed by atoms with Crippen molar-refractivity contribution in [3.05, 3.63) is 46.6 Å². The molecule has 0 spiro atoms. The average molecular weight is 184 g/mol. The molecule has 0 saturated heterocycles. The molecule has 2 rings (SSSR count). The minimum absolute atomic E-state index is 0.578. The Kier molecular flexibility index (Phi) is 2.05. The van der Waals surface area contributed by atoms with E-state index < -0.39 is 0 Å². The fraction of sp³-hybridized carbons (Fsp3) is 0.100. The monoisotopic (exact) mass is 184 g/mol. The van der Waals surface area contributed by atoms with E-state index in [0.717, 1.165) is 16.5 Å². The Bertz CT molecular complexity index is 527. The normalized spacial score (nSPS) is 9.79. The van der Waals surface area contributed by atoms with Crippen LogP contribution in [0.3, 0.4) is 0 Å². The van der Waals surface area contributed by atoms with Crippen LogP contribution in [0, 0.1) is 6.92 Å². The van der Waals surface area contributed by atoms with Gasteiger partial charge in [-0.1, -0.05) is 29.4 Å². The maximum Gasteiger partial charge on any atom is 0.0637 e. The Morgan fingerprint density at radius 2 is 2.00 bits per heavy atom. The molecule has 0 radical (unpaired) electrons. The molecule has 2 aromatic rings. The Morgan fingerprint density at radius 3 is 2.71 bits per heavy atom. The maximum absolute atomic E-state index is 8.38. The number of aryl methyl sites for hydroxylation is 1. The van der Waals surface area contributed by atoms with Gasteiger partial charge in [0.2, 0.25) is 0 Å². The van der Waals surface area contributed by atoms with E-state index in [9.17, 15) is 0 Å². The SMILES string of the molecule is Cc1ncc(N=[N+]=[N-])c2ccccc12. The van der Waals surface area contributed by atoms with Crippen molar-refractivity contribution in [1.82, 2.24) is 4.98 Å². The molecule has 1 heterocycles. The highest BCUT2D eigenvalue weighted by Crippen LogP contribution is 2.26. The summed E-state index contributed by atoms with van der Waals surface area (Å²) in [6.45, 7) is 1.93. The van der Waals surface area contributed by atoms with Crippen LogP contribution in [0.25, 0.3) is 21.2 Å². The molecule has 1 aromatic carbocycles. The highest BCUT2D eigenvalue weighted by molar-refractivity contribution is 5.93. The van der Waals surface area contributed by atoms with Crippen molar-refractivity contribution in [2.75, 3.05) is 0 Å². The Morgan fingerprint density at radius 1 is 1.29 bits per heavy atom. The Hall–Kier alpha value is -2.06. The molecule has 1 aromatic heterocycles. The third kappa shape index (κ3) is 1.28. The molecule has 0 aliphatic carbocycles. The van der Waals surface area contributed by atoms with Gasteiger partial charge < -0.3 is 0 Å². The van der Waals surface area contributed by atoms with Gasteiger partial charge in [0.1, 0.15) is 0 Å². The lowest BCUT2D eigenvalue weighted by Crippen LogP contribution is -1.83. The van der Waals surface area contributed by atoms with Gasteiger partial charge in [0.15, 0.2) is 0 Å². The van der Waals surface area contributed by atoms with E-state index in [1.54, 1.807) is 6.20 Å². The van der Waals surface area contributed by atoms with Crippen molar-refractivity contribution in [2.45, 2.75) is 6.92 Å². The first-order valence-corrected chi connectivity index (χ1v) is 4.22. The van der Waals surface area contributed by atoms with E-state index in [4.69, 9.17) is 5.53 Å². The lowest BCUT2D eigenvalue weighted by molar-refractivity contribution is 1.22. The number of benzene rings is 1. The van der Waals surface area contributed by atoms with Gasteiger partial charge in [-0.3, -0.25) is 4.98 Å². The van der Waals surface area contributed by atoms with Gasteiger partial charge in [0.05, 0.1) is 5.69 Å². The molecule has 4 heteroatoms. The molecule has 0 atom stereocenters. The van der Waals surface area contributed by atoms with Crippen LogP contribution in [-0.2, 0) is 0 Å². The predicted molar refractivity (Wildman–Crippen MR) is 55.3 cm³/mol. The number of fused-ring (bicyclic) bond motifs is 1. The smallest absolute Gasteiger partial charge is 0.0637 e. The van der Waals surface area contributed by atoms with Crippen molar-refractivity contribution < 1.29 is 0 Å². The van der Waals surface area contributed by atoms with Gasteiger partial charge in [0.25, 0.3) is 0 Å². The van der Waals surface area contributed by atoms with Crippen LogP contribution in [0.1, 0.15) is 5.69 Å². The fourth-order valence-corrected chi connectivity index (χ4v) is 1.45. The highest BCUT2D eigenvalue weighted by atomic mass is 15.1. The van der Waals surface area contributed by atoms with Gasteiger partial charge in [-0.05, 0) is 17.8 Å². The second-order valence-corrected chi connectivity index (χ2v) is 2.96. The quantitative estimate of drug-likeness (QED) is 0.380. The standard InChI is InChI=1S/C10H8N4/c1-7-8-4-2-3-5-9(8)10(6-12-7)13-14-11/h2-6H,1H3. The van der Waals surface area contributed by atoms with Gasteiger partial charge in [-0.2, -0.15) is 0 Å². The van der Waals surface area contributed by atoms with Crippen LogP contribution in [0.5, 0.6) is 0 Å². The fourth-order valence-electron chi connectivity index (χ4n) is 1.45. The number of rotatable bonds is 1. The summed E-state index contributed by atoms with van der Waals surface area (Å²) in [4.78, 5) is 6.93. The Balaban J connectivity index is 2.88. The number of hydrogen-bond acceptors (Lipinski definition) is 2. The first-order valence-electron chi connectivity index (χ1n) is 4.22. The molecular weight excluding hydrogens is 176 g/mol. The second-order valence-electron chi connectivity index (χ2n) is 2.96. The lowest BCUT2D eigenvalue weighted by atomic mass is 10.1. The van der Waals surface area contributed by atoms with Crippen LogP contribution >= 0.6 is 0 Å². The van der Waals surface area contributed by atoms with Crippen LogP contribution < -0.4 is 0 Å². The minimum Gasteiger partial charge on any atom is -0.260 e.